The summed E-state index contributed by atoms with van der Waals surface area (Å²) in [6.45, 7) is 1.71. The highest BCUT2D eigenvalue weighted by atomic mass is 32.2. The molecule has 0 saturated heterocycles. The normalized spacial score (nSPS) is 11.6. The molecule has 6 nitrogen and oxygen atoms in total. The predicted molar refractivity (Wildman–Crippen MR) is 113 cm³/mol. The van der Waals surface area contributed by atoms with Gasteiger partial charge >= 0.3 is 0 Å². The molecule has 0 unspecified atom stereocenters. The zero-order valence-corrected chi connectivity index (χ0v) is 17.2. The maximum atomic E-state index is 13.5. The number of fused-ring (bicyclic) bond motifs is 1. The zero-order valence-electron chi connectivity index (χ0n) is 15.6. The van der Waals surface area contributed by atoms with Gasteiger partial charge < -0.3 is 4.42 Å². The third-order valence-electron chi connectivity index (χ3n) is 4.49. The van der Waals surface area contributed by atoms with Crippen LogP contribution in [0.5, 0.6) is 0 Å². The quantitative estimate of drug-likeness (QED) is 0.452. The van der Waals surface area contributed by atoms with Crippen LogP contribution in [0.2, 0.25) is 0 Å². The Hall–Kier alpha value is -2.97. The van der Waals surface area contributed by atoms with Crippen LogP contribution in [-0.4, -0.2) is 25.1 Å². The van der Waals surface area contributed by atoms with Gasteiger partial charge in [-0.2, -0.15) is 0 Å². The molecule has 2 heterocycles. The molecule has 0 aliphatic heterocycles. The number of carbonyl (C=O) groups excluding carboxylic acids is 1. The molecule has 2 aromatic carbocycles. The number of amides is 1. The second kappa shape index (κ2) is 7.81. The fourth-order valence-corrected chi connectivity index (χ4v) is 5.03. The van der Waals surface area contributed by atoms with Crippen LogP contribution in [0.4, 0.5) is 5.13 Å². The average molecular weight is 427 g/mol. The first-order chi connectivity index (χ1) is 14.0. The molecule has 0 aliphatic rings. The highest BCUT2D eigenvalue weighted by molar-refractivity contribution is 7.91. The number of carbonyl (C=O) groups is 1. The third-order valence-corrected chi connectivity index (χ3v) is 7.33. The van der Waals surface area contributed by atoms with Gasteiger partial charge in [-0.3, -0.25) is 9.69 Å². The lowest BCUT2D eigenvalue weighted by molar-refractivity contribution is 0.0980. The van der Waals surface area contributed by atoms with Crippen molar-refractivity contribution in [2.45, 2.75) is 18.4 Å². The molecule has 0 fully saturated rings. The van der Waals surface area contributed by atoms with Crippen molar-refractivity contribution in [3.63, 3.8) is 0 Å². The summed E-state index contributed by atoms with van der Waals surface area (Å²) in [5.41, 5.74) is 0.902. The van der Waals surface area contributed by atoms with E-state index in [0.717, 1.165) is 10.2 Å². The highest BCUT2D eigenvalue weighted by Gasteiger charge is 2.27. The Kier molecular flexibility index (Phi) is 5.21. The molecule has 0 bridgehead atoms. The molecule has 1 amide bonds. The molecule has 8 heteroatoms. The van der Waals surface area contributed by atoms with Crippen molar-refractivity contribution in [1.29, 1.82) is 0 Å². The number of hydrogen-bond donors (Lipinski definition) is 0. The minimum absolute atomic E-state index is 0.0260. The minimum atomic E-state index is -3.56. The van der Waals surface area contributed by atoms with Gasteiger partial charge in [-0.1, -0.05) is 42.5 Å². The van der Waals surface area contributed by atoms with E-state index >= 15 is 0 Å². The zero-order chi connectivity index (χ0) is 20.4. The molecule has 148 valence electrons. The van der Waals surface area contributed by atoms with Gasteiger partial charge in [0.1, 0.15) is 5.76 Å². The molecule has 2 aromatic heterocycles. The highest BCUT2D eigenvalue weighted by Crippen LogP contribution is 2.31. The molecular formula is C21H18N2O4S2. The average Bonchev–Trinajstić information content (AvgIpc) is 3.41. The van der Waals surface area contributed by atoms with E-state index in [1.54, 1.807) is 31.2 Å². The van der Waals surface area contributed by atoms with Gasteiger partial charge in [0.2, 0.25) is 0 Å². The summed E-state index contributed by atoms with van der Waals surface area (Å²) >= 11 is 1.37. The molecule has 4 rings (SSSR count). The van der Waals surface area contributed by atoms with Crippen molar-refractivity contribution in [3.05, 3.63) is 78.3 Å². The fourth-order valence-electron chi connectivity index (χ4n) is 2.98. The molecule has 0 aliphatic carbocycles. The smallest absolute Gasteiger partial charge is 0.261 e. The molecule has 0 atom stereocenters. The van der Waals surface area contributed by atoms with Crippen molar-refractivity contribution in [1.82, 2.24) is 4.98 Å². The molecule has 0 radical (unpaired) electrons. The lowest BCUT2D eigenvalue weighted by Crippen LogP contribution is -2.31. The summed E-state index contributed by atoms with van der Waals surface area (Å²) < 4.78 is 31.4. The lowest BCUT2D eigenvalue weighted by atomic mass is 10.2. The molecule has 29 heavy (non-hydrogen) atoms. The van der Waals surface area contributed by atoms with Gasteiger partial charge in [0.05, 0.1) is 39.2 Å². The number of sulfone groups is 1. The number of furan rings is 1. The first-order valence-electron chi connectivity index (χ1n) is 9.01. The van der Waals surface area contributed by atoms with Gasteiger partial charge in [-0.05, 0) is 36.4 Å². The van der Waals surface area contributed by atoms with E-state index < -0.39 is 15.7 Å². The van der Waals surface area contributed by atoms with Gasteiger partial charge in [-0.15, -0.1) is 0 Å². The second-order valence-corrected chi connectivity index (χ2v) is 9.59. The van der Waals surface area contributed by atoms with Crippen molar-refractivity contribution in [2.24, 2.45) is 0 Å². The monoisotopic (exact) mass is 426 g/mol. The number of rotatable bonds is 6. The minimum Gasteiger partial charge on any atom is -0.467 e. The topological polar surface area (TPSA) is 80.5 Å². The second-order valence-electron chi connectivity index (χ2n) is 6.33. The number of aromatic nitrogens is 1. The Morgan fingerprint density at radius 2 is 1.83 bits per heavy atom. The van der Waals surface area contributed by atoms with Crippen molar-refractivity contribution >= 4 is 42.4 Å². The van der Waals surface area contributed by atoms with Crippen molar-refractivity contribution < 1.29 is 17.6 Å². The Bertz CT molecular complexity index is 1230. The molecule has 0 spiro atoms. The van der Waals surface area contributed by atoms with E-state index in [1.165, 1.54) is 34.6 Å². The van der Waals surface area contributed by atoms with Crippen LogP contribution in [-0.2, 0) is 16.4 Å². The van der Waals surface area contributed by atoms with Gasteiger partial charge in [0.25, 0.3) is 5.91 Å². The number of nitrogens with zero attached hydrogens (tertiary/aromatic N) is 2. The molecule has 4 aromatic rings. The Morgan fingerprint density at radius 1 is 1.07 bits per heavy atom. The lowest BCUT2D eigenvalue weighted by Gasteiger charge is -2.20. The largest absolute Gasteiger partial charge is 0.467 e. The Morgan fingerprint density at radius 3 is 2.55 bits per heavy atom. The van der Waals surface area contributed by atoms with E-state index in [9.17, 15) is 13.2 Å². The maximum Gasteiger partial charge on any atom is 0.261 e. The van der Waals surface area contributed by atoms with Crippen molar-refractivity contribution in [3.8, 4) is 0 Å². The van der Waals surface area contributed by atoms with Crippen LogP contribution in [0.15, 0.2) is 76.2 Å². The number of benzene rings is 2. The van der Waals surface area contributed by atoms with Gasteiger partial charge in [-0.25, -0.2) is 13.4 Å². The number of para-hydroxylation sites is 1. The number of anilines is 1. The van der Waals surface area contributed by atoms with Crippen LogP contribution >= 0.6 is 11.3 Å². The molecular weight excluding hydrogens is 408 g/mol. The van der Waals surface area contributed by atoms with E-state index in [2.05, 4.69) is 4.98 Å². The summed E-state index contributed by atoms with van der Waals surface area (Å²) in [5.74, 6) is 0.0536. The van der Waals surface area contributed by atoms with Crippen LogP contribution in [0.25, 0.3) is 10.2 Å². The summed E-state index contributed by atoms with van der Waals surface area (Å²) in [4.78, 5) is 19.6. The van der Waals surface area contributed by atoms with E-state index in [-0.39, 0.29) is 22.8 Å². The Balaban J connectivity index is 1.83. The van der Waals surface area contributed by atoms with E-state index in [1.807, 2.05) is 24.3 Å². The van der Waals surface area contributed by atoms with Gasteiger partial charge in [0.15, 0.2) is 15.0 Å². The SMILES string of the molecule is CCS(=O)(=O)c1ccccc1C(=O)N(Cc1ccco1)c1nc2ccccc2s1. The third kappa shape index (κ3) is 3.81. The van der Waals surface area contributed by atoms with E-state index in [4.69, 9.17) is 4.42 Å². The first kappa shape index (κ1) is 19.4. The summed E-state index contributed by atoms with van der Waals surface area (Å²) in [7, 11) is -3.56. The standard InChI is InChI=1S/C21H18N2O4S2/c1-2-29(25,26)19-12-6-3-9-16(19)20(24)23(14-15-8-7-13-27-15)21-22-17-10-4-5-11-18(17)28-21/h3-13H,2,14H2,1H3. The summed E-state index contributed by atoms with van der Waals surface area (Å²) in [6, 6.07) is 17.4. The maximum absolute atomic E-state index is 13.5. The fraction of sp³-hybridized carbons (Fsp3) is 0.143. The van der Waals surface area contributed by atoms with Crippen LogP contribution in [0.3, 0.4) is 0 Å². The van der Waals surface area contributed by atoms with Crippen LogP contribution in [0.1, 0.15) is 23.0 Å². The summed E-state index contributed by atoms with van der Waals surface area (Å²) in [6.07, 6.45) is 1.53. The van der Waals surface area contributed by atoms with Crippen LogP contribution in [0, 0.1) is 0 Å². The molecule has 0 N–H and O–H groups in total. The summed E-state index contributed by atoms with van der Waals surface area (Å²) in [5, 5.41) is 0.483. The number of hydrogen-bond acceptors (Lipinski definition) is 6. The van der Waals surface area contributed by atoms with Gasteiger partial charge in [0, 0.05) is 0 Å². The number of thiazole rings is 1. The first-order valence-corrected chi connectivity index (χ1v) is 11.5. The Labute approximate surface area is 172 Å². The molecule has 0 saturated carbocycles. The van der Waals surface area contributed by atoms with Crippen molar-refractivity contribution in [2.75, 3.05) is 10.7 Å². The van der Waals surface area contributed by atoms with Crippen LogP contribution < -0.4 is 4.90 Å². The van der Waals surface area contributed by atoms with E-state index in [0.29, 0.717) is 10.9 Å². The predicted octanol–water partition coefficient (Wildman–Crippen LogP) is 4.53.